The van der Waals surface area contributed by atoms with E-state index in [4.69, 9.17) is 4.74 Å². The molecule has 0 fully saturated rings. The minimum atomic E-state index is -0.514. The van der Waals surface area contributed by atoms with Crippen molar-refractivity contribution in [3.05, 3.63) is 28.2 Å². The second kappa shape index (κ2) is 6.48. The van der Waals surface area contributed by atoms with Crippen molar-refractivity contribution in [1.29, 1.82) is 0 Å². The van der Waals surface area contributed by atoms with E-state index >= 15 is 0 Å². The third-order valence-corrected chi connectivity index (χ3v) is 3.25. The lowest BCUT2D eigenvalue weighted by atomic mass is 10.2. The van der Waals surface area contributed by atoms with E-state index in [1.165, 1.54) is 0 Å². The second-order valence-corrected chi connectivity index (χ2v) is 6.84. The number of nitrogens with zero attached hydrogens (tertiary/aromatic N) is 1. The molecule has 1 N–H and O–H groups in total. The maximum Gasteiger partial charge on any atom is 0.410 e. The van der Waals surface area contributed by atoms with Crippen LogP contribution in [0.4, 0.5) is 4.79 Å². The number of amides is 1. The number of aromatic hydroxyl groups is 1. The number of phenols is 1. The number of carbonyl (C=O) groups is 1. The summed E-state index contributed by atoms with van der Waals surface area (Å²) in [6.45, 7) is 9.87. The molecule has 0 aromatic heterocycles. The predicted molar refractivity (Wildman–Crippen MR) is 82.7 cm³/mol. The molecule has 0 radical (unpaired) electrons. The van der Waals surface area contributed by atoms with Gasteiger partial charge in [-0.2, -0.15) is 0 Å². The summed E-state index contributed by atoms with van der Waals surface area (Å²) in [6.07, 6.45) is -0.336. The normalized spacial score (nSPS) is 11.6. The SMILES string of the molecule is CC(C)N(Cc1ccc(O)c(Br)c1)C(=O)OC(C)(C)C. The van der Waals surface area contributed by atoms with Crippen molar-refractivity contribution in [1.82, 2.24) is 4.90 Å². The Morgan fingerprint density at radius 3 is 2.45 bits per heavy atom. The molecule has 0 saturated carbocycles. The summed E-state index contributed by atoms with van der Waals surface area (Å²) < 4.78 is 6.03. The van der Waals surface area contributed by atoms with E-state index in [2.05, 4.69) is 15.9 Å². The Morgan fingerprint density at radius 2 is 2.00 bits per heavy atom. The van der Waals surface area contributed by atoms with Crippen molar-refractivity contribution in [2.45, 2.75) is 52.8 Å². The zero-order chi connectivity index (χ0) is 15.5. The van der Waals surface area contributed by atoms with E-state index in [1.54, 1.807) is 23.1 Å². The third-order valence-electron chi connectivity index (χ3n) is 2.62. The minimum Gasteiger partial charge on any atom is -0.507 e. The van der Waals surface area contributed by atoms with Gasteiger partial charge in [0.05, 0.1) is 4.47 Å². The van der Waals surface area contributed by atoms with Crippen molar-refractivity contribution in [2.24, 2.45) is 0 Å². The molecule has 4 nitrogen and oxygen atoms in total. The monoisotopic (exact) mass is 343 g/mol. The number of ether oxygens (including phenoxy) is 1. The maximum atomic E-state index is 12.2. The predicted octanol–water partition coefficient (Wildman–Crippen LogP) is 4.30. The second-order valence-electron chi connectivity index (χ2n) is 5.99. The average molecular weight is 344 g/mol. The van der Waals surface area contributed by atoms with Gasteiger partial charge >= 0.3 is 6.09 Å². The van der Waals surface area contributed by atoms with E-state index in [1.807, 2.05) is 34.6 Å². The number of rotatable bonds is 3. The van der Waals surface area contributed by atoms with Crippen LogP contribution >= 0.6 is 15.9 Å². The lowest BCUT2D eigenvalue weighted by molar-refractivity contribution is 0.0172. The van der Waals surface area contributed by atoms with Crippen LogP contribution in [0.2, 0.25) is 0 Å². The summed E-state index contributed by atoms with van der Waals surface area (Å²) >= 11 is 3.27. The topological polar surface area (TPSA) is 49.8 Å². The van der Waals surface area contributed by atoms with Gasteiger partial charge in [0.15, 0.2) is 0 Å². The number of halogens is 1. The molecule has 0 saturated heterocycles. The highest BCUT2D eigenvalue weighted by Crippen LogP contribution is 2.25. The molecule has 0 aliphatic heterocycles. The van der Waals surface area contributed by atoms with E-state index in [9.17, 15) is 9.90 Å². The maximum absolute atomic E-state index is 12.2. The Labute approximate surface area is 128 Å². The number of phenolic OH excluding ortho intramolecular Hbond substituents is 1. The number of hydrogen-bond acceptors (Lipinski definition) is 3. The highest BCUT2D eigenvalue weighted by Gasteiger charge is 2.24. The van der Waals surface area contributed by atoms with E-state index in [-0.39, 0.29) is 17.9 Å². The summed E-state index contributed by atoms with van der Waals surface area (Å²) in [7, 11) is 0. The molecule has 1 rings (SSSR count). The minimum absolute atomic E-state index is 0.0254. The van der Waals surface area contributed by atoms with E-state index in [0.717, 1.165) is 5.56 Å². The van der Waals surface area contributed by atoms with Gasteiger partial charge in [-0.05, 0) is 68.2 Å². The number of carbonyl (C=O) groups excluding carboxylic acids is 1. The molecule has 0 unspecified atom stereocenters. The van der Waals surface area contributed by atoms with E-state index < -0.39 is 5.60 Å². The van der Waals surface area contributed by atoms with Gasteiger partial charge in [0.25, 0.3) is 0 Å². The van der Waals surface area contributed by atoms with Gasteiger partial charge in [-0.1, -0.05) is 6.07 Å². The molecule has 1 aromatic rings. The molecule has 1 amide bonds. The molecule has 0 heterocycles. The van der Waals surface area contributed by atoms with Crippen LogP contribution in [0.3, 0.4) is 0 Å². The van der Waals surface area contributed by atoms with Crippen LogP contribution < -0.4 is 0 Å². The molecule has 0 aliphatic rings. The van der Waals surface area contributed by atoms with Crippen LogP contribution in [-0.2, 0) is 11.3 Å². The van der Waals surface area contributed by atoms with Gasteiger partial charge in [0.1, 0.15) is 11.4 Å². The van der Waals surface area contributed by atoms with Crippen LogP contribution in [0.5, 0.6) is 5.75 Å². The van der Waals surface area contributed by atoms with Crippen LogP contribution in [0.1, 0.15) is 40.2 Å². The van der Waals surface area contributed by atoms with Crippen molar-refractivity contribution in [3.63, 3.8) is 0 Å². The first-order valence-corrected chi connectivity index (χ1v) is 7.36. The summed E-state index contributed by atoms with van der Waals surface area (Å²) in [5, 5.41) is 9.50. The number of hydrogen-bond donors (Lipinski definition) is 1. The molecule has 0 spiro atoms. The first-order valence-electron chi connectivity index (χ1n) is 6.57. The molecule has 0 aliphatic carbocycles. The fourth-order valence-electron chi connectivity index (χ4n) is 1.62. The Morgan fingerprint density at radius 1 is 1.40 bits per heavy atom. The zero-order valence-corrected chi connectivity index (χ0v) is 14.2. The van der Waals surface area contributed by atoms with Gasteiger partial charge in [-0.3, -0.25) is 0 Å². The Kier molecular flexibility index (Phi) is 5.45. The van der Waals surface area contributed by atoms with Crippen molar-refractivity contribution >= 4 is 22.0 Å². The van der Waals surface area contributed by atoms with Gasteiger partial charge in [0, 0.05) is 12.6 Å². The smallest absolute Gasteiger partial charge is 0.410 e. The lowest BCUT2D eigenvalue weighted by Crippen LogP contribution is -2.40. The van der Waals surface area contributed by atoms with Gasteiger partial charge < -0.3 is 14.7 Å². The quantitative estimate of drug-likeness (QED) is 0.889. The Hall–Kier alpha value is -1.23. The molecular weight excluding hydrogens is 322 g/mol. The highest BCUT2D eigenvalue weighted by molar-refractivity contribution is 9.10. The molecule has 0 atom stereocenters. The van der Waals surface area contributed by atoms with Gasteiger partial charge in [-0.25, -0.2) is 4.79 Å². The molecule has 1 aromatic carbocycles. The fraction of sp³-hybridized carbons (Fsp3) is 0.533. The summed E-state index contributed by atoms with van der Waals surface area (Å²) in [6, 6.07) is 5.22. The van der Waals surface area contributed by atoms with Crippen molar-refractivity contribution in [2.75, 3.05) is 0 Å². The summed E-state index contributed by atoms with van der Waals surface area (Å²) in [5.41, 5.74) is 0.411. The molecule has 0 bridgehead atoms. The third kappa shape index (κ3) is 5.04. The first-order chi connectivity index (χ1) is 9.10. The number of benzene rings is 1. The van der Waals surface area contributed by atoms with Crippen LogP contribution in [0.25, 0.3) is 0 Å². The molecule has 20 heavy (non-hydrogen) atoms. The van der Waals surface area contributed by atoms with Gasteiger partial charge in [-0.15, -0.1) is 0 Å². The Bertz CT molecular complexity index is 480. The van der Waals surface area contributed by atoms with Gasteiger partial charge in [0.2, 0.25) is 0 Å². The molecular formula is C15H22BrNO3. The fourth-order valence-corrected chi connectivity index (χ4v) is 2.05. The van der Waals surface area contributed by atoms with Crippen LogP contribution in [-0.4, -0.2) is 27.7 Å². The summed E-state index contributed by atoms with van der Waals surface area (Å²) in [4.78, 5) is 13.9. The average Bonchev–Trinajstić information content (AvgIpc) is 2.27. The largest absolute Gasteiger partial charge is 0.507 e. The Balaban J connectivity index is 2.87. The standard InChI is InChI=1S/C15H22BrNO3/c1-10(2)17(14(19)20-15(3,4)5)9-11-6-7-13(18)12(16)8-11/h6-8,10,18H,9H2,1-5H3. The summed E-state index contributed by atoms with van der Waals surface area (Å²) in [5.74, 6) is 0.183. The van der Waals surface area contributed by atoms with E-state index in [0.29, 0.717) is 11.0 Å². The molecule has 112 valence electrons. The highest BCUT2D eigenvalue weighted by atomic mass is 79.9. The molecule has 5 heteroatoms. The van der Waals surface area contributed by atoms with Crippen molar-refractivity contribution in [3.8, 4) is 5.75 Å². The lowest BCUT2D eigenvalue weighted by Gasteiger charge is -2.30. The zero-order valence-electron chi connectivity index (χ0n) is 12.6. The van der Waals surface area contributed by atoms with Crippen LogP contribution in [0.15, 0.2) is 22.7 Å². The van der Waals surface area contributed by atoms with Crippen molar-refractivity contribution < 1.29 is 14.6 Å². The van der Waals surface area contributed by atoms with Crippen LogP contribution in [0, 0.1) is 0 Å². The first kappa shape index (κ1) is 16.8.